The normalized spacial score (nSPS) is 11.2. The maximum atomic E-state index is 12.6. The third-order valence-corrected chi connectivity index (χ3v) is 6.46. The van der Waals surface area contributed by atoms with Crippen LogP contribution in [-0.4, -0.2) is 40.9 Å². The first-order valence-corrected chi connectivity index (χ1v) is 13.3. The molecule has 3 aromatic carbocycles. The predicted octanol–water partition coefficient (Wildman–Crippen LogP) is 4.39. The van der Waals surface area contributed by atoms with Crippen molar-refractivity contribution < 1.29 is 27.4 Å². The van der Waals surface area contributed by atoms with Gasteiger partial charge in [0.2, 0.25) is 10.0 Å². The van der Waals surface area contributed by atoms with E-state index in [0.717, 1.165) is 11.1 Å². The van der Waals surface area contributed by atoms with Crippen LogP contribution in [-0.2, 0) is 23.1 Å². The standard InChI is InChI=1S/C27H32N2O6S/c1-19(2)35-24-8-6-7-23(16-24)29(36(5,31)32)18-20-9-12-22(13-10-20)27(30)28-17-21-11-14-25(33-3)26(15-21)34-4/h6-16,19H,17-18H2,1-5H3,(H,28,30). The highest BCUT2D eigenvalue weighted by atomic mass is 32.2. The zero-order valence-corrected chi connectivity index (χ0v) is 22.0. The van der Waals surface area contributed by atoms with E-state index >= 15 is 0 Å². The number of anilines is 1. The van der Waals surface area contributed by atoms with Gasteiger partial charge in [0, 0.05) is 18.2 Å². The molecule has 3 rings (SSSR count). The first-order valence-electron chi connectivity index (χ1n) is 11.4. The van der Waals surface area contributed by atoms with E-state index in [1.54, 1.807) is 68.8 Å². The Morgan fingerprint density at radius 1 is 0.917 bits per heavy atom. The van der Waals surface area contributed by atoms with Crippen molar-refractivity contribution >= 4 is 21.6 Å². The maximum Gasteiger partial charge on any atom is 0.251 e. The molecule has 0 atom stereocenters. The van der Waals surface area contributed by atoms with Gasteiger partial charge in [-0.15, -0.1) is 0 Å². The molecule has 192 valence electrons. The Bertz CT molecular complexity index is 1290. The number of benzene rings is 3. The quantitative estimate of drug-likeness (QED) is 0.410. The first-order chi connectivity index (χ1) is 17.1. The van der Waals surface area contributed by atoms with Crippen molar-refractivity contribution in [2.45, 2.75) is 33.0 Å². The van der Waals surface area contributed by atoms with Gasteiger partial charge in [0.15, 0.2) is 11.5 Å². The van der Waals surface area contributed by atoms with Crippen molar-refractivity contribution in [1.29, 1.82) is 0 Å². The maximum absolute atomic E-state index is 12.6. The number of nitrogens with one attached hydrogen (secondary N) is 1. The van der Waals surface area contributed by atoms with Crippen LogP contribution >= 0.6 is 0 Å². The van der Waals surface area contributed by atoms with Gasteiger partial charge >= 0.3 is 0 Å². The lowest BCUT2D eigenvalue weighted by atomic mass is 10.1. The van der Waals surface area contributed by atoms with Crippen LogP contribution in [0.5, 0.6) is 17.2 Å². The summed E-state index contributed by atoms with van der Waals surface area (Å²) in [5.41, 5.74) is 2.59. The summed E-state index contributed by atoms with van der Waals surface area (Å²) in [4.78, 5) is 12.6. The monoisotopic (exact) mass is 512 g/mol. The third kappa shape index (κ3) is 7.14. The SMILES string of the molecule is COc1ccc(CNC(=O)c2ccc(CN(c3cccc(OC(C)C)c3)S(C)(=O)=O)cc2)cc1OC. The van der Waals surface area contributed by atoms with E-state index in [9.17, 15) is 13.2 Å². The minimum absolute atomic E-state index is 0.0302. The molecule has 0 saturated heterocycles. The molecule has 3 aromatic rings. The molecule has 9 heteroatoms. The summed E-state index contributed by atoms with van der Waals surface area (Å²) < 4.78 is 42.7. The van der Waals surface area contributed by atoms with Crippen molar-refractivity contribution in [3.8, 4) is 17.2 Å². The molecule has 1 N–H and O–H groups in total. The smallest absolute Gasteiger partial charge is 0.251 e. The Hall–Kier alpha value is -3.72. The Morgan fingerprint density at radius 2 is 1.58 bits per heavy atom. The van der Waals surface area contributed by atoms with Gasteiger partial charge in [0.1, 0.15) is 5.75 Å². The molecular weight excluding hydrogens is 480 g/mol. The average molecular weight is 513 g/mol. The highest BCUT2D eigenvalue weighted by molar-refractivity contribution is 7.92. The van der Waals surface area contributed by atoms with E-state index in [1.165, 1.54) is 10.6 Å². The summed E-state index contributed by atoms with van der Waals surface area (Å²) in [7, 11) is -0.434. The summed E-state index contributed by atoms with van der Waals surface area (Å²) in [6.45, 7) is 4.26. The number of rotatable bonds is 11. The zero-order valence-electron chi connectivity index (χ0n) is 21.1. The van der Waals surface area contributed by atoms with Crippen LogP contribution in [0.2, 0.25) is 0 Å². The number of hydrogen-bond acceptors (Lipinski definition) is 6. The van der Waals surface area contributed by atoms with Crippen LogP contribution in [0.15, 0.2) is 66.7 Å². The number of carbonyl (C=O) groups is 1. The molecule has 8 nitrogen and oxygen atoms in total. The number of nitrogens with zero attached hydrogens (tertiary/aromatic N) is 1. The van der Waals surface area contributed by atoms with Crippen molar-refractivity contribution in [3.63, 3.8) is 0 Å². The third-order valence-electron chi connectivity index (χ3n) is 5.32. The van der Waals surface area contributed by atoms with Crippen LogP contribution in [0.3, 0.4) is 0 Å². The summed E-state index contributed by atoms with van der Waals surface area (Å²) in [5, 5.41) is 2.88. The molecule has 0 spiro atoms. The molecule has 0 aliphatic rings. The van der Waals surface area contributed by atoms with Crippen LogP contribution in [0.1, 0.15) is 35.3 Å². The number of sulfonamides is 1. The average Bonchev–Trinajstić information content (AvgIpc) is 2.85. The predicted molar refractivity (Wildman–Crippen MR) is 140 cm³/mol. The molecular formula is C27H32N2O6S. The van der Waals surface area contributed by atoms with Gasteiger partial charge in [-0.1, -0.05) is 24.3 Å². The molecule has 0 radical (unpaired) electrons. The molecule has 0 saturated carbocycles. The lowest BCUT2D eigenvalue weighted by Crippen LogP contribution is -2.29. The molecule has 0 aromatic heterocycles. The fraction of sp³-hybridized carbons (Fsp3) is 0.296. The number of hydrogen-bond donors (Lipinski definition) is 1. The Morgan fingerprint density at radius 3 is 2.19 bits per heavy atom. The molecule has 1 amide bonds. The highest BCUT2D eigenvalue weighted by Crippen LogP contribution is 2.28. The van der Waals surface area contributed by atoms with Crippen molar-refractivity contribution in [2.75, 3.05) is 24.8 Å². The molecule has 0 bridgehead atoms. The topological polar surface area (TPSA) is 94.2 Å². The van der Waals surface area contributed by atoms with Crippen LogP contribution in [0.4, 0.5) is 5.69 Å². The number of ether oxygens (including phenoxy) is 3. The van der Waals surface area contributed by atoms with Crippen molar-refractivity contribution in [3.05, 3.63) is 83.4 Å². The summed E-state index contributed by atoms with van der Waals surface area (Å²) in [5.74, 6) is 1.56. The van der Waals surface area contributed by atoms with Crippen molar-refractivity contribution in [1.82, 2.24) is 5.32 Å². The van der Waals surface area contributed by atoms with E-state index in [0.29, 0.717) is 35.0 Å². The lowest BCUT2D eigenvalue weighted by Gasteiger charge is -2.23. The Kier molecular flexibility index (Phi) is 8.82. The fourth-order valence-electron chi connectivity index (χ4n) is 3.59. The minimum atomic E-state index is -3.56. The van der Waals surface area contributed by atoms with E-state index in [-0.39, 0.29) is 18.6 Å². The van der Waals surface area contributed by atoms with Crippen LogP contribution in [0.25, 0.3) is 0 Å². The number of methoxy groups -OCH3 is 2. The number of carbonyl (C=O) groups excluding carboxylic acids is 1. The van der Waals surface area contributed by atoms with Gasteiger partial charge in [-0.05, 0) is 61.4 Å². The Labute approximate surface area is 212 Å². The second kappa shape index (κ2) is 11.8. The highest BCUT2D eigenvalue weighted by Gasteiger charge is 2.19. The summed E-state index contributed by atoms with van der Waals surface area (Å²) >= 11 is 0. The van der Waals surface area contributed by atoms with Crippen molar-refractivity contribution in [2.24, 2.45) is 0 Å². The molecule has 0 fully saturated rings. The van der Waals surface area contributed by atoms with Gasteiger partial charge in [-0.2, -0.15) is 0 Å². The molecule has 0 heterocycles. The van der Waals surface area contributed by atoms with Gasteiger partial charge in [-0.25, -0.2) is 8.42 Å². The summed E-state index contributed by atoms with van der Waals surface area (Å²) in [6.07, 6.45) is 1.14. The van der Waals surface area contributed by atoms with Gasteiger partial charge in [0.05, 0.1) is 38.8 Å². The fourth-order valence-corrected chi connectivity index (χ4v) is 4.47. The molecule has 36 heavy (non-hydrogen) atoms. The van der Waals surface area contributed by atoms with Crippen LogP contribution in [0, 0.1) is 0 Å². The second-order valence-corrected chi connectivity index (χ2v) is 10.4. The zero-order chi connectivity index (χ0) is 26.3. The largest absolute Gasteiger partial charge is 0.493 e. The molecule has 0 unspecified atom stereocenters. The van der Waals surface area contributed by atoms with E-state index in [1.807, 2.05) is 26.0 Å². The molecule has 0 aliphatic carbocycles. The second-order valence-electron chi connectivity index (χ2n) is 8.50. The first kappa shape index (κ1) is 26.9. The van der Waals surface area contributed by atoms with E-state index in [2.05, 4.69) is 5.32 Å². The van der Waals surface area contributed by atoms with Crippen LogP contribution < -0.4 is 23.8 Å². The lowest BCUT2D eigenvalue weighted by molar-refractivity contribution is 0.0951. The minimum Gasteiger partial charge on any atom is -0.493 e. The van der Waals surface area contributed by atoms with Gasteiger partial charge < -0.3 is 19.5 Å². The number of amides is 1. The summed E-state index contributed by atoms with van der Waals surface area (Å²) in [6, 6.07) is 19.3. The Balaban J connectivity index is 1.69. The van der Waals surface area contributed by atoms with Gasteiger partial charge in [-0.3, -0.25) is 9.10 Å². The van der Waals surface area contributed by atoms with E-state index < -0.39 is 10.0 Å². The van der Waals surface area contributed by atoms with Gasteiger partial charge in [0.25, 0.3) is 5.91 Å². The molecule has 0 aliphatic heterocycles. The van der Waals surface area contributed by atoms with E-state index in [4.69, 9.17) is 14.2 Å².